The van der Waals surface area contributed by atoms with E-state index in [1.54, 1.807) is 0 Å². The molecular formula is C20H31NO. The van der Waals surface area contributed by atoms with Crippen molar-refractivity contribution in [1.82, 2.24) is 4.90 Å². The zero-order chi connectivity index (χ0) is 16.2. The van der Waals surface area contributed by atoms with Crippen molar-refractivity contribution in [2.24, 2.45) is 5.92 Å². The molecule has 0 aromatic heterocycles. The van der Waals surface area contributed by atoms with Gasteiger partial charge >= 0.3 is 0 Å². The van der Waals surface area contributed by atoms with E-state index in [0.29, 0.717) is 11.7 Å². The molecule has 0 saturated carbocycles. The Morgan fingerprint density at radius 1 is 1.14 bits per heavy atom. The van der Waals surface area contributed by atoms with Gasteiger partial charge in [-0.05, 0) is 48.9 Å². The van der Waals surface area contributed by atoms with E-state index in [1.165, 1.54) is 11.1 Å². The molecule has 2 rings (SSSR count). The lowest BCUT2D eigenvalue weighted by Crippen LogP contribution is -2.35. The first-order valence-corrected chi connectivity index (χ1v) is 8.74. The summed E-state index contributed by atoms with van der Waals surface area (Å²) in [4.78, 5) is 14.5. The van der Waals surface area contributed by atoms with Crippen LogP contribution >= 0.6 is 0 Å². The zero-order valence-electron chi connectivity index (χ0n) is 14.7. The van der Waals surface area contributed by atoms with Gasteiger partial charge in [-0.2, -0.15) is 0 Å². The van der Waals surface area contributed by atoms with Crippen molar-refractivity contribution in [3.05, 3.63) is 35.4 Å². The van der Waals surface area contributed by atoms with E-state index in [0.717, 1.165) is 45.3 Å². The van der Waals surface area contributed by atoms with Crippen LogP contribution in [0.3, 0.4) is 0 Å². The molecule has 1 aliphatic rings. The number of carbonyl (C=O) groups is 1. The Bertz CT molecular complexity index is 475. The summed E-state index contributed by atoms with van der Waals surface area (Å²) in [6.45, 7) is 12.0. The van der Waals surface area contributed by atoms with Gasteiger partial charge in [0, 0.05) is 18.9 Å². The molecule has 2 heteroatoms. The van der Waals surface area contributed by atoms with Gasteiger partial charge in [0.15, 0.2) is 0 Å². The summed E-state index contributed by atoms with van der Waals surface area (Å²) in [6.07, 6.45) is 3.83. The minimum atomic E-state index is 0.219. The van der Waals surface area contributed by atoms with Crippen LogP contribution in [0.2, 0.25) is 0 Å². The third kappa shape index (κ3) is 4.67. The second-order valence-electron chi connectivity index (χ2n) is 7.71. The zero-order valence-corrected chi connectivity index (χ0v) is 14.7. The Morgan fingerprint density at radius 3 is 2.23 bits per heavy atom. The molecule has 0 unspecified atom stereocenters. The molecule has 1 fully saturated rings. The van der Waals surface area contributed by atoms with Gasteiger partial charge in [-0.1, -0.05) is 52.0 Å². The monoisotopic (exact) mass is 301 g/mol. The molecule has 0 aliphatic carbocycles. The minimum Gasteiger partial charge on any atom is -0.299 e. The maximum atomic E-state index is 12.0. The summed E-state index contributed by atoms with van der Waals surface area (Å²) >= 11 is 0. The van der Waals surface area contributed by atoms with E-state index in [1.807, 2.05) is 0 Å². The maximum absolute atomic E-state index is 12.0. The van der Waals surface area contributed by atoms with Crippen LogP contribution in [0, 0.1) is 5.92 Å². The first kappa shape index (κ1) is 17.2. The second-order valence-corrected chi connectivity index (χ2v) is 7.71. The second kappa shape index (κ2) is 7.41. The van der Waals surface area contributed by atoms with Crippen molar-refractivity contribution in [2.45, 2.75) is 65.3 Å². The molecule has 1 aliphatic heterocycles. The van der Waals surface area contributed by atoms with Gasteiger partial charge in [-0.15, -0.1) is 0 Å². The highest BCUT2D eigenvalue weighted by Gasteiger charge is 2.24. The first-order chi connectivity index (χ1) is 10.4. The molecule has 1 aromatic carbocycles. The summed E-state index contributed by atoms with van der Waals surface area (Å²) in [5, 5.41) is 0. The standard InChI is InChI=1S/C20H31NO/c1-5-6-19(22)17-11-13-21(14-12-17)15-16-7-9-18(10-8-16)20(2,3)4/h7-10,17H,5-6,11-15H2,1-4H3. The van der Waals surface area contributed by atoms with Crippen LogP contribution in [0.1, 0.15) is 64.5 Å². The van der Waals surface area contributed by atoms with Crippen molar-refractivity contribution in [2.75, 3.05) is 13.1 Å². The van der Waals surface area contributed by atoms with Crippen molar-refractivity contribution in [3.8, 4) is 0 Å². The predicted octanol–water partition coefficient (Wildman–Crippen LogP) is 4.57. The number of likely N-dealkylation sites (tertiary alicyclic amines) is 1. The SMILES string of the molecule is CCCC(=O)C1CCN(Cc2ccc(C(C)(C)C)cc2)CC1. The highest BCUT2D eigenvalue weighted by molar-refractivity contribution is 5.81. The van der Waals surface area contributed by atoms with Crippen LogP contribution in [0.4, 0.5) is 0 Å². The van der Waals surface area contributed by atoms with Gasteiger partial charge in [-0.25, -0.2) is 0 Å². The smallest absolute Gasteiger partial charge is 0.136 e. The van der Waals surface area contributed by atoms with Crippen LogP contribution < -0.4 is 0 Å². The lowest BCUT2D eigenvalue weighted by Gasteiger charge is -2.31. The van der Waals surface area contributed by atoms with E-state index in [2.05, 4.69) is 56.9 Å². The molecule has 0 spiro atoms. The fraction of sp³-hybridized carbons (Fsp3) is 0.650. The lowest BCUT2D eigenvalue weighted by atomic mass is 9.86. The Hall–Kier alpha value is -1.15. The van der Waals surface area contributed by atoms with E-state index in [9.17, 15) is 4.79 Å². The number of hydrogen-bond acceptors (Lipinski definition) is 2. The molecular weight excluding hydrogens is 270 g/mol. The average Bonchev–Trinajstić information content (AvgIpc) is 2.48. The number of carbonyl (C=O) groups excluding carboxylic acids is 1. The number of ketones is 1. The molecule has 22 heavy (non-hydrogen) atoms. The van der Waals surface area contributed by atoms with Gasteiger partial charge in [0.25, 0.3) is 0 Å². The number of benzene rings is 1. The Labute approximate surface area is 135 Å². The number of piperidine rings is 1. The van der Waals surface area contributed by atoms with Gasteiger partial charge in [0.05, 0.1) is 0 Å². The molecule has 0 amide bonds. The number of hydrogen-bond donors (Lipinski definition) is 0. The van der Waals surface area contributed by atoms with Crippen LogP contribution in [-0.2, 0) is 16.8 Å². The van der Waals surface area contributed by atoms with E-state index < -0.39 is 0 Å². The first-order valence-electron chi connectivity index (χ1n) is 8.74. The summed E-state index contributed by atoms with van der Waals surface area (Å²) in [5.41, 5.74) is 2.99. The number of rotatable bonds is 5. The topological polar surface area (TPSA) is 20.3 Å². The largest absolute Gasteiger partial charge is 0.299 e. The van der Waals surface area contributed by atoms with Gasteiger partial charge in [-0.3, -0.25) is 9.69 Å². The van der Waals surface area contributed by atoms with E-state index >= 15 is 0 Å². The predicted molar refractivity (Wildman–Crippen MR) is 93.1 cm³/mol. The maximum Gasteiger partial charge on any atom is 0.136 e. The van der Waals surface area contributed by atoms with Gasteiger partial charge < -0.3 is 0 Å². The highest BCUT2D eigenvalue weighted by atomic mass is 16.1. The van der Waals surface area contributed by atoms with Crippen molar-refractivity contribution in [3.63, 3.8) is 0 Å². The molecule has 2 nitrogen and oxygen atoms in total. The highest BCUT2D eigenvalue weighted by Crippen LogP contribution is 2.24. The Kier molecular flexibility index (Phi) is 5.80. The molecule has 1 aromatic rings. The number of nitrogens with zero attached hydrogens (tertiary/aromatic N) is 1. The van der Waals surface area contributed by atoms with Crippen molar-refractivity contribution < 1.29 is 4.79 Å². The lowest BCUT2D eigenvalue weighted by molar-refractivity contribution is -0.124. The van der Waals surface area contributed by atoms with Crippen LogP contribution in [0.25, 0.3) is 0 Å². The minimum absolute atomic E-state index is 0.219. The van der Waals surface area contributed by atoms with E-state index in [4.69, 9.17) is 0 Å². The molecule has 122 valence electrons. The number of Topliss-reactive ketones (excluding diaryl/α,β-unsaturated/α-hetero) is 1. The van der Waals surface area contributed by atoms with Crippen molar-refractivity contribution >= 4 is 5.78 Å². The molecule has 1 heterocycles. The fourth-order valence-electron chi connectivity index (χ4n) is 3.23. The van der Waals surface area contributed by atoms with Crippen LogP contribution in [0.15, 0.2) is 24.3 Å². The Balaban J connectivity index is 1.84. The molecule has 0 radical (unpaired) electrons. The normalized spacial score (nSPS) is 17.6. The van der Waals surface area contributed by atoms with Crippen LogP contribution in [0.5, 0.6) is 0 Å². The summed E-state index contributed by atoms with van der Waals surface area (Å²) < 4.78 is 0. The van der Waals surface area contributed by atoms with Gasteiger partial charge in [0.1, 0.15) is 5.78 Å². The fourth-order valence-corrected chi connectivity index (χ4v) is 3.23. The van der Waals surface area contributed by atoms with Gasteiger partial charge in [0.2, 0.25) is 0 Å². The Morgan fingerprint density at radius 2 is 1.73 bits per heavy atom. The van der Waals surface area contributed by atoms with Crippen molar-refractivity contribution in [1.29, 1.82) is 0 Å². The van der Waals surface area contributed by atoms with Crippen LogP contribution in [-0.4, -0.2) is 23.8 Å². The summed E-state index contributed by atoms with van der Waals surface area (Å²) in [5.74, 6) is 0.802. The molecule has 1 saturated heterocycles. The summed E-state index contributed by atoms with van der Waals surface area (Å²) in [7, 11) is 0. The van der Waals surface area contributed by atoms with E-state index in [-0.39, 0.29) is 5.41 Å². The molecule has 0 bridgehead atoms. The quantitative estimate of drug-likeness (QED) is 0.794. The molecule has 0 atom stereocenters. The summed E-state index contributed by atoms with van der Waals surface area (Å²) in [6, 6.07) is 9.03. The average molecular weight is 301 g/mol. The molecule has 0 N–H and O–H groups in total. The third-order valence-corrected chi connectivity index (χ3v) is 4.77. The third-order valence-electron chi connectivity index (χ3n) is 4.77.